The Kier molecular flexibility index (Phi) is 5.39. The maximum atomic E-state index is 12.2. The van der Waals surface area contributed by atoms with Gasteiger partial charge in [0.05, 0.1) is 6.61 Å². The molecule has 0 unspecified atom stereocenters. The van der Waals surface area contributed by atoms with E-state index in [9.17, 15) is 9.59 Å². The highest BCUT2D eigenvalue weighted by molar-refractivity contribution is 5.82. The van der Waals surface area contributed by atoms with E-state index in [4.69, 9.17) is 14.2 Å². The van der Waals surface area contributed by atoms with E-state index in [-0.39, 0.29) is 0 Å². The first-order valence-corrected chi connectivity index (χ1v) is 6.98. The Balaban J connectivity index is 2.76. The molecule has 2 atom stereocenters. The highest BCUT2D eigenvalue weighted by atomic mass is 16.6. The van der Waals surface area contributed by atoms with Crippen molar-refractivity contribution in [3.63, 3.8) is 0 Å². The van der Waals surface area contributed by atoms with Gasteiger partial charge in [-0.1, -0.05) is 12.2 Å². The first-order valence-electron chi connectivity index (χ1n) is 6.98. The van der Waals surface area contributed by atoms with Crippen molar-refractivity contribution >= 4 is 12.1 Å². The molecule has 1 N–H and O–H groups in total. The molecule has 21 heavy (non-hydrogen) atoms. The zero-order chi connectivity index (χ0) is 16.3. The van der Waals surface area contributed by atoms with Crippen LogP contribution in [0.3, 0.4) is 0 Å². The Morgan fingerprint density at radius 2 is 1.71 bits per heavy atom. The molecule has 0 aliphatic carbocycles. The molecule has 0 aromatic rings. The maximum Gasteiger partial charge on any atom is 0.408 e. The third-order valence-corrected chi connectivity index (χ3v) is 2.37. The van der Waals surface area contributed by atoms with E-state index in [1.807, 2.05) is 0 Å². The summed E-state index contributed by atoms with van der Waals surface area (Å²) in [6, 6.07) is -0.933. The average molecular weight is 299 g/mol. The molecule has 6 nitrogen and oxygen atoms in total. The van der Waals surface area contributed by atoms with Gasteiger partial charge >= 0.3 is 12.1 Å². The molecule has 0 spiro atoms. The monoisotopic (exact) mass is 299 g/mol. The van der Waals surface area contributed by atoms with Crippen LogP contribution in [0.25, 0.3) is 0 Å². The Bertz CT molecular complexity index is 417. The molecule has 6 heteroatoms. The molecule has 0 fully saturated rings. The van der Waals surface area contributed by atoms with Gasteiger partial charge in [-0.2, -0.15) is 0 Å². The van der Waals surface area contributed by atoms with Crippen LogP contribution >= 0.6 is 0 Å². The zero-order valence-electron chi connectivity index (χ0n) is 13.6. The van der Waals surface area contributed by atoms with E-state index in [0.29, 0.717) is 6.61 Å². The summed E-state index contributed by atoms with van der Waals surface area (Å²) >= 11 is 0. The molecular formula is C15H25NO5. The van der Waals surface area contributed by atoms with Crippen LogP contribution in [0.5, 0.6) is 0 Å². The standard InChI is InChI=1S/C15H25NO5/c1-14(2,3)20-12(17)11(10-8-7-9-19-10)16-13(18)21-15(4,5)6/h7-8,10-11H,9H2,1-6H3,(H,16,18)/t10-,11-/m0/s1. The molecule has 1 rings (SSSR count). The van der Waals surface area contributed by atoms with Gasteiger partial charge in [-0.05, 0) is 41.5 Å². The average Bonchev–Trinajstić information content (AvgIpc) is 2.73. The second-order valence-electron chi connectivity index (χ2n) is 6.88. The summed E-state index contributed by atoms with van der Waals surface area (Å²) < 4.78 is 15.9. The largest absolute Gasteiger partial charge is 0.458 e. The second kappa shape index (κ2) is 6.47. The van der Waals surface area contributed by atoms with E-state index < -0.39 is 35.4 Å². The fourth-order valence-corrected chi connectivity index (χ4v) is 1.69. The van der Waals surface area contributed by atoms with Gasteiger partial charge in [-0.25, -0.2) is 9.59 Å². The molecular weight excluding hydrogens is 274 g/mol. The summed E-state index contributed by atoms with van der Waals surface area (Å²) in [5, 5.41) is 2.53. The Hall–Kier alpha value is -1.56. The lowest BCUT2D eigenvalue weighted by Crippen LogP contribution is -2.51. The lowest BCUT2D eigenvalue weighted by atomic mass is 10.1. The molecule has 0 aromatic heterocycles. The Morgan fingerprint density at radius 1 is 1.14 bits per heavy atom. The maximum absolute atomic E-state index is 12.2. The van der Waals surface area contributed by atoms with Gasteiger partial charge in [0.1, 0.15) is 17.3 Å². The minimum Gasteiger partial charge on any atom is -0.458 e. The molecule has 1 aliphatic rings. The van der Waals surface area contributed by atoms with Crippen molar-refractivity contribution in [2.24, 2.45) is 0 Å². The summed E-state index contributed by atoms with van der Waals surface area (Å²) in [6.45, 7) is 10.9. The highest BCUT2D eigenvalue weighted by Crippen LogP contribution is 2.15. The van der Waals surface area contributed by atoms with Gasteiger partial charge in [0.25, 0.3) is 0 Å². The molecule has 0 saturated heterocycles. The van der Waals surface area contributed by atoms with E-state index in [2.05, 4.69) is 5.32 Å². The van der Waals surface area contributed by atoms with Crippen LogP contribution < -0.4 is 5.32 Å². The normalized spacial score (nSPS) is 20.0. The SMILES string of the molecule is CC(C)(C)OC(=O)N[C@H](C(=O)OC(C)(C)C)[C@@H]1C=CCO1. The smallest absolute Gasteiger partial charge is 0.408 e. The van der Waals surface area contributed by atoms with Crippen molar-refractivity contribution in [3.8, 4) is 0 Å². The summed E-state index contributed by atoms with van der Waals surface area (Å²) in [5.41, 5.74) is -1.29. The van der Waals surface area contributed by atoms with Crippen molar-refractivity contribution in [3.05, 3.63) is 12.2 Å². The van der Waals surface area contributed by atoms with Gasteiger partial charge in [-0.15, -0.1) is 0 Å². The topological polar surface area (TPSA) is 73.9 Å². The van der Waals surface area contributed by atoms with Crippen LogP contribution in [0, 0.1) is 0 Å². The predicted octanol–water partition coefficient (Wildman–Crippen LogP) is 2.18. The fourth-order valence-electron chi connectivity index (χ4n) is 1.69. The zero-order valence-corrected chi connectivity index (χ0v) is 13.6. The fraction of sp³-hybridized carbons (Fsp3) is 0.733. The quantitative estimate of drug-likeness (QED) is 0.638. The van der Waals surface area contributed by atoms with E-state index in [0.717, 1.165) is 0 Å². The highest BCUT2D eigenvalue weighted by Gasteiger charge is 2.35. The van der Waals surface area contributed by atoms with Crippen molar-refractivity contribution in [1.82, 2.24) is 5.32 Å². The van der Waals surface area contributed by atoms with Gasteiger partial charge < -0.3 is 19.5 Å². The molecule has 1 heterocycles. The van der Waals surface area contributed by atoms with Gasteiger partial charge in [0, 0.05) is 0 Å². The number of carbonyl (C=O) groups excluding carboxylic acids is 2. The number of carbonyl (C=O) groups is 2. The number of hydrogen-bond donors (Lipinski definition) is 1. The van der Waals surface area contributed by atoms with Crippen LogP contribution in [-0.2, 0) is 19.0 Å². The summed E-state index contributed by atoms with van der Waals surface area (Å²) in [7, 11) is 0. The van der Waals surface area contributed by atoms with Gasteiger partial charge in [0.15, 0.2) is 6.04 Å². The van der Waals surface area contributed by atoms with Crippen molar-refractivity contribution in [1.29, 1.82) is 0 Å². The van der Waals surface area contributed by atoms with Gasteiger partial charge in [-0.3, -0.25) is 0 Å². The number of ether oxygens (including phenoxy) is 3. The minimum absolute atomic E-state index is 0.403. The molecule has 0 saturated carbocycles. The molecule has 0 aromatic carbocycles. The molecule has 0 radical (unpaired) electrons. The van der Waals surface area contributed by atoms with E-state index in [1.54, 1.807) is 53.7 Å². The van der Waals surface area contributed by atoms with E-state index >= 15 is 0 Å². The van der Waals surface area contributed by atoms with Crippen molar-refractivity contribution < 1.29 is 23.8 Å². The van der Waals surface area contributed by atoms with Crippen LogP contribution in [-0.4, -0.2) is 42.0 Å². The molecule has 1 aliphatic heterocycles. The third-order valence-electron chi connectivity index (χ3n) is 2.37. The number of esters is 1. The number of nitrogens with one attached hydrogen (secondary N) is 1. The summed E-state index contributed by atoms with van der Waals surface area (Å²) in [6.07, 6.45) is 2.29. The van der Waals surface area contributed by atoms with Crippen molar-refractivity contribution in [2.45, 2.75) is 64.9 Å². The summed E-state index contributed by atoms with van der Waals surface area (Å²) in [4.78, 5) is 24.1. The lowest BCUT2D eigenvalue weighted by Gasteiger charge is -2.28. The lowest BCUT2D eigenvalue weighted by molar-refractivity contribution is -0.160. The van der Waals surface area contributed by atoms with Crippen molar-refractivity contribution in [2.75, 3.05) is 6.61 Å². The molecule has 0 bridgehead atoms. The van der Waals surface area contributed by atoms with Crippen LogP contribution in [0.2, 0.25) is 0 Å². The number of hydrogen-bond acceptors (Lipinski definition) is 5. The number of alkyl carbamates (subject to hydrolysis) is 1. The first kappa shape index (κ1) is 17.5. The predicted molar refractivity (Wildman–Crippen MR) is 77.9 cm³/mol. The number of amides is 1. The first-order chi connectivity index (χ1) is 9.48. The van der Waals surface area contributed by atoms with Crippen LogP contribution in [0.15, 0.2) is 12.2 Å². The Morgan fingerprint density at radius 3 is 2.14 bits per heavy atom. The number of rotatable bonds is 3. The molecule has 1 amide bonds. The Labute approximate surface area is 125 Å². The van der Waals surface area contributed by atoms with Crippen LogP contribution in [0.1, 0.15) is 41.5 Å². The second-order valence-corrected chi connectivity index (χ2v) is 6.88. The molecule has 120 valence electrons. The van der Waals surface area contributed by atoms with Gasteiger partial charge in [0.2, 0.25) is 0 Å². The van der Waals surface area contributed by atoms with E-state index in [1.165, 1.54) is 0 Å². The minimum atomic E-state index is -0.933. The summed E-state index contributed by atoms with van der Waals surface area (Å²) in [5.74, 6) is -0.551. The van der Waals surface area contributed by atoms with Crippen LogP contribution in [0.4, 0.5) is 4.79 Å². The third kappa shape index (κ3) is 6.62.